The summed E-state index contributed by atoms with van der Waals surface area (Å²) >= 11 is 0. The zero-order valence-corrected chi connectivity index (χ0v) is 8.41. The van der Waals surface area contributed by atoms with E-state index in [4.69, 9.17) is 5.73 Å². The predicted octanol–water partition coefficient (Wildman–Crippen LogP) is -0.135. The van der Waals surface area contributed by atoms with Gasteiger partial charge < -0.3 is 15.5 Å². The van der Waals surface area contributed by atoms with Crippen molar-refractivity contribution in [2.24, 2.45) is 5.73 Å². The van der Waals surface area contributed by atoms with Crippen molar-refractivity contribution in [1.29, 1.82) is 0 Å². The van der Waals surface area contributed by atoms with Crippen LogP contribution < -0.4 is 5.73 Å². The van der Waals surface area contributed by atoms with Gasteiger partial charge in [0.1, 0.15) is 6.54 Å². The highest BCUT2D eigenvalue weighted by Gasteiger charge is 2.13. The molecule has 3 amide bonds. The van der Waals surface area contributed by atoms with Crippen LogP contribution in [0, 0.1) is 0 Å². The van der Waals surface area contributed by atoms with E-state index in [0.29, 0.717) is 6.54 Å². The molecule has 0 aromatic carbocycles. The summed E-state index contributed by atoms with van der Waals surface area (Å²) in [7, 11) is 3.29. The number of hydrogen-bond donors (Lipinski definition) is 1. The molecule has 0 bridgehead atoms. The molecule has 76 valence electrons. The smallest absolute Gasteiger partial charge is 0.315 e. The average molecular weight is 187 g/mol. The summed E-state index contributed by atoms with van der Waals surface area (Å²) in [5, 5.41) is 0. The van der Waals surface area contributed by atoms with Gasteiger partial charge in [0.2, 0.25) is 5.91 Å². The molecule has 0 saturated carbocycles. The van der Waals surface area contributed by atoms with Crippen molar-refractivity contribution in [3.8, 4) is 0 Å². The number of urea groups is 1. The van der Waals surface area contributed by atoms with Crippen molar-refractivity contribution in [1.82, 2.24) is 9.80 Å². The maximum absolute atomic E-state index is 11.2. The zero-order chi connectivity index (χ0) is 10.4. The van der Waals surface area contributed by atoms with Crippen LogP contribution in [0.5, 0.6) is 0 Å². The third-order valence-corrected chi connectivity index (χ3v) is 1.63. The lowest BCUT2D eigenvalue weighted by Gasteiger charge is -2.20. The topological polar surface area (TPSA) is 66.6 Å². The summed E-state index contributed by atoms with van der Waals surface area (Å²) in [6, 6.07) is -0.544. The molecule has 0 aliphatic heterocycles. The molecule has 0 aromatic rings. The van der Waals surface area contributed by atoms with Crippen molar-refractivity contribution >= 4 is 11.9 Å². The van der Waals surface area contributed by atoms with Crippen LogP contribution in [0.1, 0.15) is 13.3 Å². The fourth-order valence-corrected chi connectivity index (χ4v) is 0.842. The molecule has 5 nitrogen and oxygen atoms in total. The van der Waals surface area contributed by atoms with Crippen LogP contribution in [0.2, 0.25) is 0 Å². The summed E-state index contributed by atoms with van der Waals surface area (Å²) in [6.45, 7) is 2.52. The number of hydrogen-bond acceptors (Lipinski definition) is 2. The van der Waals surface area contributed by atoms with E-state index < -0.39 is 6.03 Å². The summed E-state index contributed by atoms with van der Waals surface area (Å²) in [6.07, 6.45) is 0.795. The molecule has 13 heavy (non-hydrogen) atoms. The summed E-state index contributed by atoms with van der Waals surface area (Å²) in [4.78, 5) is 24.8. The van der Waals surface area contributed by atoms with E-state index in [1.54, 1.807) is 14.1 Å². The van der Waals surface area contributed by atoms with Gasteiger partial charge in [-0.15, -0.1) is 0 Å². The molecule has 0 rings (SSSR count). The van der Waals surface area contributed by atoms with E-state index >= 15 is 0 Å². The molecule has 0 spiro atoms. The Balaban J connectivity index is 4.10. The number of likely N-dealkylation sites (N-methyl/N-ethyl adjacent to an activating group) is 1. The van der Waals surface area contributed by atoms with Crippen molar-refractivity contribution in [3.63, 3.8) is 0 Å². The molecule has 0 atom stereocenters. The molecule has 0 aliphatic rings. The second-order valence-corrected chi connectivity index (χ2v) is 3.05. The van der Waals surface area contributed by atoms with Crippen LogP contribution in [-0.2, 0) is 4.79 Å². The SMILES string of the molecule is CCCN(CC(=O)N(C)C)C(N)=O. The second kappa shape index (κ2) is 5.40. The normalized spacial score (nSPS) is 9.46. The van der Waals surface area contributed by atoms with Gasteiger partial charge in [-0.1, -0.05) is 6.92 Å². The van der Waals surface area contributed by atoms with Crippen LogP contribution in [-0.4, -0.2) is 48.9 Å². The van der Waals surface area contributed by atoms with Gasteiger partial charge in [-0.25, -0.2) is 4.79 Å². The average Bonchev–Trinajstić information content (AvgIpc) is 2.03. The first-order valence-electron chi connectivity index (χ1n) is 4.23. The predicted molar refractivity (Wildman–Crippen MR) is 50.1 cm³/mol. The molecule has 0 heterocycles. The largest absolute Gasteiger partial charge is 0.351 e. The lowest BCUT2D eigenvalue weighted by atomic mass is 10.4. The van der Waals surface area contributed by atoms with Crippen LogP contribution in [0.15, 0.2) is 0 Å². The Labute approximate surface area is 78.5 Å². The number of amides is 3. The van der Waals surface area contributed by atoms with Crippen LogP contribution in [0.3, 0.4) is 0 Å². The van der Waals surface area contributed by atoms with E-state index in [1.807, 2.05) is 6.92 Å². The highest BCUT2D eigenvalue weighted by Crippen LogP contribution is 1.92. The Morgan fingerprint density at radius 2 is 1.85 bits per heavy atom. The standard InChI is InChI=1S/C8H17N3O2/c1-4-5-11(8(9)13)6-7(12)10(2)3/h4-6H2,1-3H3,(H2,9,13). The molecule has 5 heteroatoms. The molecule has 0 aromatic heterocycles. The Morgan fingerprint density at radius 3 is 2.15 bits per heavy atom. The first kappa shape index (κ1) is 11.7. The van der Waals surface area contributed by atoms with Gasteiger partial charge in [0.25, 0.3) is 0 Å². The van der Waals surface area contributed by atoms with E-state index in [9.17, 15) is 9.59 Å². The van der Waals surface area contributed by atoms with Gasteiger partial charge in [-0.2, -0.15) is 0 Å². The van der Waals surface area contributed by atoms with E-state index in [0.717, 1.165) is 6.42 Å². The third-order valence-electron chi connectivity index (χ3n) is 1.63. The number of primary amides is 1. The van der Waals surface area contributed by atoms with Crippen LogP contribution in [0.4, 0.5) is 4.79 Å². The quantitative estimate of drug-likeness (QED) is 0.666. The van der Waals surface area contributed by atoms with Gasteiger partial charge in [0, 0.05) is 20.6 Å². The van der Waals surface area contributed by atoms with Gasteiger partial charge in [-0.05, 0) is 6.42 Å². The molecular weight excluding hydrogens is 170 g/mol. The number of nitrogens with zero attached hydrogens (tertiary/aromatic N) is 2. The maximum atomic E-state index is 11.2. The zero-order valence-electron chi connectivity index (χ0n) is 8.41. The van der Waals surface area contributed by atoms with E-state index in [1.165, 1.54) is 9.80 Å². The lowest BCUT2D eigenvalue weighted by molar-refractivity contribution is -0.129. The lowest BCUT2D eigenvalue weighted by Crippen LogP contribution is -2.43. The van der Waals surface area contributed by atoms with E-state index in [2.05, 4.69) is 0 Å². The minimum Gasteiger partial charge on any atom is -0.351 e. The monoisotopic (exact) mass is 187 g/mol. The highest BCUT2D eigenvalue weighted by molar-refractivity contribution is 5.83. The first-order chi connectivity index (χ1) is 5.99. The van der Waals surface area contributed by atoms with Crippen molar-refractivity contribution in [2.75, 3.05) is 27.2 Å². The summed E-state index contributed by atoms with van der Waals surface area (Å²) in [5.41, 5.74) is 5.09. The summed E-state index contributed by atoms with van der Waals surface area (Å²) < 4.78 is 0. The number of carbonyl (C=O) groups excluding carboxylic acids is 2. The Kier molecular flexibility index (Phi) is 4.87. The van der Waals surface area contributed by atoms with Crippen molar-refractivity contribution in [2.45, 2.75) is 13.3 Å². The van der Waals surface area contributed by atoms with Gasteiger partial charge in [-0.3, -0.25) is 4.79 Å². The van der Waals surface area contributed by atoms with Gasteiger partial charge in [0.05, 0.1) is 0 Å². The van der Waals surface area contributed by atoms with Crippen LogP contribution in [0.25, 0.3) is 0 Å². The molecule has 0 saturated heterocycles. The second-order valence-electron chi connectivity index (χ2n) is 3.05. The minimum absolute atomic E-state index is 0.0656. The number of rotatable bonds is 4. The molecule has 0 radical (unpaired) electrons. The fraction of sp³-hybridized carbons (Fsp3) is 0.750. The molecule has 0 unspecified atom stereocenters. The first-order valence-corrected chi connectivity index (χ1v) is 4.23. The van der Waals surface area contributed by atoms with E-state index in [-0.39, 0.29) is 12.5 Å². The fourth-order valence-electron chi connectivity index (χ4n) is 0.842. The molecular formula is C8H17N3O2. The Morgan fingerprint density at radius 1 is 1.31 bits per heavy atom. The third kappa shape index (κ3) is 4.35. The Bertz CT molecular complexity index is 192. The van der Waals surface area contributed by atoms with Gasteiger partial charge in [0.15, 0.2) is 0 Å². The van der Waals surface area contributed by atoms with Gasteiger partial charge >= 0.3 is 6.03 Å². The van der Waals surface area contributed by atoms with Crippen molar-refractivity contribution < 1.29 is 9.59 Å². The highest BCUT2D eigenvalue weighted by atomic mass is 16.2. The maximum Gasteiger partial charge on any atom is 0.315 e. The van der Waals surface area contributed by atoms with Crippen LogP contribution >= 0.6 is 0 Å². The van der Waals surface area contributed by atoms with Crippen molar-refractivity contribution in [3.05, 3.63) is 0 Å². The summed E-state index contributed by atoms with van der Waals surface area (Å²) in [5.74, 6) is -0.118. The molecule has 0 aliphatic carbocycles. The number of carbonyl (C=O) groups is 2. The molecule has 0 fully saturated rings. The Hall–Kier alpha value is -1.26. The minimum atomic E-state index is -0.544. The number of nitrogens with two attached hydrogens (primary N) is 1. The molecule has 2 N–H and O–H groups in total.